The summed E-state index contributed by atoms with van der Waals surface area (Å²) >= 11 is 0. The number of nitrogens with zero attached hydrogens (tertiary/aromatic N) is 3. The lowest BCUT2D eigenvalue weighted by atomic mass is 9.94. The highest BCUT2D eigenvalue weighted by Crippen LogP contribution is 2.28. The van der Waals surface area contributed by atoms with Crippen LogP contribution in [0.25, 0.3) is 0 Å². The van der Waals surface area contributed by atoms with Gasteiger partial charge in [-0.15, -0.1) is 10.2 Å². The summed E-state index contributed by atoms with van der Waals surface area (Å²) in [5, 5.41) is 17.1. The second kappa shape index (κ2) is 5.53. The molecule has 0 unspecified atom stereocenters. The summed E-state index contributed by atoms with van der Waals surface area (Å²) in [5.41, 5.74) is -1.93. The number of hydrogen-bond donors (Lipinski definition) is 1. The predicted molar refractivity (Wildman–Crippen MR) is 65.3 cm³/mol. The molecule has 112 valence electrons. The van der Waals surface area contributed by atoms with Gasteiger partial charge < -0.3 is 14.7 Å². The van der Waals surface area contributed by atoms with E-state index in [4.69, 9.17) is 4.74 Å². The molecule has 1 aromatic rings. The van der Waals surface area contributed by atoms with Crippen LogP contribution >= 0.6 is 0 Å². The SMILES string of the molecule is CN(CC1(O)CCOCC1)c1ccc(C(F)(F)F)nn1. The zero-order chi connectivity index (χ0) is 14.8. The van der Waals surface area contributed by atoms with Gasteiger partial charge in [-0.05, 0) is 12.1 Å². The van der Waals surface area contributed by atoms with Crippen molar-refractivity contribution in [1.82, 2.24) is 10.2 Å². The zero-order valence-corrected chi connectivity index (χ0v) is 11.0. The fraction of sp³-hybridized carbons (Fsp3) is 0.667. The number of ether oxygens (including phenoxy) is 1. The predicted octanol–water partition coefficient (Wildman–Crippen LogP) is 1.47. The van der Waals surface area contributed by atoms with Crippen LogP contribution in [0.2, 0.25) is 0 Å². The van der Waals surface area contributed by atoms with Crippen molar-refractivity contribution >= 4 is 5.82 Å². The van der Waals surface area contributed by atoms with E-state index in [9.17, 15) is 18.3 Å². The maximum Gasteiger partial charge on any atom is 0.435 e. The van der Waals surface area contributed by atoms with Crippen molar-refractivity contribution in [3.8, 4) is 0 Å². The topological polar surface area (TPSA) is 58.5 Å². The molecule has 1 aliphatic heterocycles. The molecule has 0 saturated carbocycles. The molecule has 0 spiro atoms. The Kier molecular flexibility index (Phi) is 4.14. The lowest BCUT2D eigenvalue weighted by Crippen LogP contribution is -2.46. The summed E-state index contributed by atoms with van der Waals surface area (Å²) in [6.07, 6.45) is -3.51. The molecule has 0 aliphatic carbocycles. The molecule has 1 aromatic heterocycles. The number of anilines is 1. The van der Waals surface area contributed by atoms with Gasteiger partial charge >= 0.3 is 6.18 Å². The number of rotatable bonds is 3. The third-order valence-corrected chi connectivity index (χ3v) is 3.29. The molecular weight excluding hydrogens is 275 g/mol. The molecule has 0 aromatic carbocycles. The van der Waals surface area contributed by atoms with Gasteiger partial charge in [0.15, 0.2) is 11.5 Å². The third-order valence-electron chi connectivity index (χ3n) is 3.29. The summed E-state index contributed by atoms with van der Waals surface area (Å²) in [4.78, 5) is 1.60. The number of aromatic nitrogens is 2. The minimum absolute atomic E-state index is 0.274. The van der Waals surface area contributed by atoms with Gasteiger partial charge in [-0.1, -0.05) is 0 Å². The minimum atomic E-state index is -4.50. The van der Waals surface area contributed by atoms with Gasteiger partial charge in [0.05, 0.1) is 5.60 Å². The van der Waals surface area contributed by atoms with E-state index in [1.54, 1.807) is 11.9 Å². The number of aliphatic hydroxyl groups is 1. The van der Waals surface area contributed by atoms with E-state index in [-0.39, 0.29) is 12.4 Å². The number of halogens is 3. The quantitative estimate of drug-likeness (QED) is 0.914. The first kappa shape index (κ1) is 15.0. The van der Waals surface area contributed by atoms with Crippen molar-refractivity contribution in [3.63, 3.8) is 0 Å². The Morgan fingerprint density at radius 1 is 1.30 bits per heavy atom. The summed E-state index contributed by atoms with van der Waals surface area (Å²) in [7, 11) is 1.66. The van der Waals surface area contributed by atoms with E-state index in [0.29, 0.717) is 26.1 Å². The van der Waals surface area contributed by atoms with Crippen molar-refractivity contribution in [3.05, 3.63) is 17.8 Å². The molecule has 5 nitrogen and oxygen atoms in total. The first-order valence-corrected chi connectivity index (χ1v) is 6.22. The van der Waals surface area contributed by atoms with Crippen LogP contribution in [-0.4, -0.2) is 47.7 Å². The molecule has 0 atom stereocenters. The number of hydrogen-bond acceptors (Lipinski definition) is 5. The van der Waals surface area contributed by atoms with Gasteiger partial charge in [-0.25, -0.2) is 0 Å². The van der Waals surface area contributed by atoms with Crippen molar-refractivity contribution in [2.45, 2.75) is 24.6 Å². The van der Waals surface area contributed by atoms with Crippen molar-refractivity contribution in [2.75, 3.05) is 31.7 Å². The monoisotopic (exact) mass is 291 g/mol. The van der Waals surface area contributed by atoms with E-state index < -0.39 is 17.5 Å². The van der Waals surface area contributed by atoms with E-state index in [1.807, 2.05) is 0 Å². The molecular formula is C12H16F3N3O2. The molecule has 1 saturated heterocycles. The normalized spacial score (nSPS) is 18.9. The fourth-order valence-electron chi connectivity index (χ4n) is 2.11. The van der Waals surface area contributed by atoms with Gasteiger partial charge in [-0.3, -0.25) is 0 Å². The third kappa shape index (κ3) is 3.57. The average Bonchev–Trinajstić information content (AvgIpc) is 2.38. The Morgan fingerprint density at radius 2 is 1.95 bits per heavy atom. The van der Waals surface area contributed by atoms with Crippen molar-refractivity contribution < 1.29 is 23.0 Å². The molecule has 1 N–H and O–H groups in total. The molecule has 20 heavy (non-hydrogen) atoms. The molecule has 0 bridgehead atoms. The Bertz CT molecular complexity index is 444. The van der Waals surface area contributed by atoms with Crippen LogP contribution in [0.3, 0.4) is 0 Å². The largest absolute Gasteiger partial charge is 0.435 e. The highest BCUT2D eigenvalue weighted by Gasteiger charge is 2.34. The molecule has 0 amide bonds. The second-order valence-corrected chi connectivity index (χ2v) is 4.97. The van der Waals surface area contributed by atoms with E-state index >= 15 is 0 Å². The number of alkyl halides is 3. The Morgan fingerprint density at radius 3 is 2.45 bits per heavy atom. The first-order chi connectivity index (χ1) is 9.30. The average molecular weight is 291 g/mol. The highest BCUT2D eigenvalue weighted by molar-refractivity contribution is 5.37. The van der Waals surface area contributed by atoms with Gasteiger partial charge in [0.1, 0.15) is 0 Å². The van der Waals surface area contributed by atoms with E-state index in [0.717, 1.165) is 6.07 Å². The standard InChI is InChI=1S/C12H16F3N3O2/c1-18(8-11(19)4-6-20-7-5-11)10-3-2-9(16-17-10)12(13,14)15/h2-3,19H,4-8H2,1H3. The van der Waals surface area contributed by atoms with Crippen LogP contribution in [0.1, 0.15) is 18.5 Å². The van der Waals surface area contributed by atoms with Crippen molar-refractivity contribution in [2.24, 2.45) is 0 Å². The Labute approximate surface area is 114 Å². The van der Waals surface area contributed by atoms with Crippen molar-refractivity contribution in [1.29, 1.82) is 0 Å². The zero-order valence-electron chi connectivity index (χ0n) is 11.0. The fourth-order valence-corrected chi connectivity index (χ4v) is 2.11. The highest BCUT2D eigenvalue weighted by atomic mass is 19.4. The number of likely N-dealkylation sites (N-methyl/N-ethyl adjacent to an activating group) is 1. The minimum Gasteiger partial charge on any atom is -0.388 e. The molecule has 2 heterocycles. The first-order valence-electron chi connectivity index (χ1n) is 6.22. The van der Waals surface area contributed by atoms with Crippen LogP contribution in [-0.2, 0) is 10.9 Å². The lowest BCUT2D eigenvalue weighted by Gasteiger charge is -2.35. The molecule has 1 aliphatic rings. The van der Waals surface area contributed by atoms with Crippen LogP contribution in [0.4, 0.5) is 19.0 Å². The van der Waals surface area contributed by atoms with Gasteiger partial charge in [-0.2, -0.15) is 13.2 Å². The van der Waals surface area contributed by atoms with Crippen LogP contribution < -0.4 is 4.90 Å². The molecule has 8 heteroatoms. The van der Waals surface area contributed by atoms with Crippen LogP contribution in [0.5, 0.6) is 0 Å². The summed E-state index contributed by atoms with van der Waals surface area (Å²) < 4.78 is 42.3. The second-order valence-electron chi connectivity index (χ2n) is 4.97. The summed E-state index contributed by atoms with van der Waals surface area (Å²) in [6.45, 7) is 1.22. The molecule has 1 fully saturated rings. The molecule has 0 radical (unpaired) electrons. The maximum atomic E-state index is 12.4. The lowest BCUT2D eigenvalue weighted by molar-refractivity contribution is -0.141. The van der Waals surface area contributed by atoms with E-state index in [1.165, 1.54) is 6.07 Å². The summed E-state index contributed by atoms with van der Waals surface area (Å²) in [5.74, 6) is 0.290. The molecule has 2 rings (SSSR count). The Hall–Kier alpha value is -1.41. The maximum absolute atomic E-state index is 12.4. The van der Waals surface area contributed by atoms with Gasteiger partial charge in [0.25, 0.3) is 0 Å². The van der Waals surface area contributed by atoms with E-state index in [2.05, 4.69) is 10.2 Å². The Balaban J connectivity index is 2.04. The smallest absolute Gasteiger partial charge is 0.388 e. The van der Waals surface area contributed by atoms with Gasteiger partial charge in [0, 0.05) is 39.6 Å². The van der Waals surface area contributed by atoms with Crippen LogP contribution in [0.15, 0.2) is 12.1 Å². The summed E-state index contributed by atoms with van der Waals surface area (Å²) in [6, 6.07) is 2.13. The van der Waals surface area contributed by atoms with Crippen LogP contribution in [0, 0.1) is 0 Å². The van der Waals surface area contributed by atoms with Gasteiger partial charge in [0.2, 0.25) is 0 Å².